The first-order valence-corrected chi connectivity index (χ1v) is 6.30. The highest BCUT2D eigenvalue weighted by atomic mass is 16.2. The topological polar surface area (TPSA) is 77.2 Å². The maximum Gasteiger partial charge on any atom is 0.273 e. The standard InChI is InChI=1S/C15H17N3O2/c1-12(10-16)11-18(2)15(20)14-13(6-3-4-9-19)7-5-8-17-14/h5,7-8,12,19H,4,9,11H2,1-2H3. The van der Waals surface area contributed by atoms with Crippen LogP contribution in [0.5, 0.6) is 0 Å². The van der Waals surface area contributed by atoms with Gasteiger partial charge in [0.1, 0.15) is 5.69 Å². The summed E-state index contributed by atoms with van der Waals surface area (Å²) in [7, 11) is 1.63. The van der Waals surface area contributed by atoms with Crippen LogP contribution < -0.4 is 0 Å². The molecule has 1 rings (SSSR count). The van der Waals surface area contributed by atoms with Crippen LogP contribution in [0.4, 0.5) is 0 Å². The third-order valence-electron chi connectivity index (χ3n) is 2.58. The fraction of sp³-hybridized carbons (Fsp3) is 0.400. The summed E-state index contributed by atoms with van der Waals surface area (Å²) in [4.78, 5) is 17.8. The number of aliphatic hydroxyl groups is 1. The minimum absolute atomic E-state index is 0.0177. The van der Waals surface area contributed by atoms with E-state index in [1.165, 1.54) is 11.1 Å². The Kier molecular flexibility index (Phi) is 6.22. The molecular formula is C15H17N3O2. The number of pyridine rings is 1. The van der Waals surface area contributed by atoms with Crippen LogP contribution in [-0.2, 0) is 0 Å². The van der Waals surface area contributed by atoms with Crippen molar-refractivity contribution in [2.45, 2.75) is 13.3 Å². The Hall–Kier alpha value is -2.37. The van der Waals surface area contributed by atoms with Crippen LogP contribution in [0, 0.1) is 29.1 Å². The molecule has 1 aromatic rings. The highest BCUT2D eigenvalue weighted by Crippen LogP contribution is 2.08. The summed E-state index contributed by atoms with van der Waals surface area (Å²) in [5.41, 5.74) is 0.799. The molecule has 0 aliphatic carbocycles. The molecule has 1 amide bonds. The Morgan fingerprint density at radius 3 is 3.00 bits per heavy atom. The monoisotopic (exact) mass is 271 g/mol. The van der Waals surface area contributed by atoms with Gasteiger partial charge in [0.15, 0.2) is 0 Å². The van der Waals surface area contributed by atoms with E-state index >= 15 is 0 Å². The number of rotatable bonds is 4. The average Bonchev–Trinajstić information content (AvgIpc) is 2.47. The number of nitrogens with zero attached hydrogens (tertiary/aromatic N) is 3. The average molecular weight is 271 g/mol. The molecule has 0 fully saturated rings. The summed E-state index contributed by atoms with van der Waals surface area (Å²) in [6, 6.07) is 5.51. The van der Waals surface area contributed by atoms with Gasteiger partial charge in [0.2, 0.25) is 0 Å². The highest BCUT2D eigenvalue weighted by molar-refractivity contribution is 5.94. The van der Waals surface area contributed by atoms with Gasteiger partial charge in [-0.1, -0.05) is 11.8 Å². The zero-order valence-electron chi connectivity index (χ0n) is 11.6. The van der Waals surface area contributed by atoms with Crippen molar-refractivity contribution in [1.82, 2.24) is 9.88 Å². The fourth-order valence-electron chi connectivity index (χ4n) is 1.61. The first-order valence-electron chi connectivity index (χ1n) is 6.30. The van der Waals surface area contributed by atoms with Gasteiger partial charge in [-0.05, 0) is 19.1 Å². The van der Waals surface area contributed by atoms with Crippen molar-refractivity contribution in [2.75, 3.05) is 20.2 Å². The van der Waals surface area contributed by atoms with Crippen LogP contribution >= 0.6 is 0 Å². The minimum atomic E-state index is -0.263. The SMILES string of the molecule is CC(C#N)CN(C)C(=O)c1ncccc1C#CCCO. The predicted octanol–water partition coefficient (Wildman–Crippen LogP) is 1.05. The first-order chi connectivity index (χ1) is 9.60. The summed E-state index contributed by atoms with van der Waals surface area (Å²) in [6.07, 6.45) is 1.88. The molecule has 1 N–H and O–H groups in total. The third kappa shape index (κ3) is 4.38. The van der Waals surface area contributed by atoms with Gasteiger partial charge in [-0.25, -0.2) is 4.98 Å². The second kappa shape index (κ2) is 7.93. The van der Waals surface area contributed by atoms with Crippen LogP contribution in [0.1, 0.15) is 29.4 Å². The van der Waals surface area contributed by atoms with E-state index in [9.17, 15) is 4.79 Å². The number of hydrogen-bond donors (Lipinski definition) is 1. The number of carbonyl (C=O) groups is 1. The molecule has 1 heterocycles. The molecule has 0 aliphatic heterocycles. The van der Waals surface area contributed by atoms with E-state index < -0.39 is 0 Å². The van der Waals surface area contributed by atoms with Crippen LogP contribution in [-0.4, -0.2) is 41.1 Å². The lowest BCUT2D eigenvalue weighted by Gasteiger charge is -2.18. The molecule has 0 saturated carbocycles. The summed E-state index contributed by atoms with van der Waals surface area (Å²) in [5.74, 6) is 5.10. The molecule has 0 spiro atoms. The lowest BCUT2D eigenvalue weighted by Crippen LogP contribution is -2.31. The second-order valence-corrected chi connectivity index (χ2v) is 4.39. The Balaban J connectivity index is 2.94. The van der Waals surface area contributed by atoms with E-state index in [0.717, 1.165) is 0 Å². The molecule has 5 heteroatoms. The largest absolute Gasteiger partial charge is 0.395 e. The lowest BCUT2D eigenvalue weighted by atomic mass is 10.1. The van der Waals surface area contributed by atoms with Gasteiger partial charge >= 0.3 is 0 Å². The first kappa shape index (κ1) is 15.7. The summed E-state index contributed by atoms with van der Waals surface area (Å²) < 4.78 is 0. The zero-order chi connectivity index (χ0) is 15.0. The number of amides is 1. The number of aliphatic hydroxyl groups excluding tert-OH is 1. The van der Waals surface area contributed by atoms with Gasteiger partial charge in [0.05, 0.1) is 24.2 Å². The van der Waals surface area contributed by atoms with Crippen LogP contribution in [0.2, 0.25) is 0 Å². The second-order valence-electron chi connectivity index (χ2n) is 4.39. The molecule has 0 radical (unpaired) electrons. The molecule has 1 atom stereocenters. The van der Waals surface area contributed by atoms with E-state index in [1.807, 2.05) is 0 Å². The number of aromatic nitrogens is 1. The molecule has 5 nitrogen and oxygen atoms in total. The van der Waals surface area contributed by atoms with Crippen LogP contribution in [0.3, 0.4) is 0 Å². The smallest absolute Gasteiger partial charge is 0.273 e. The highest BCUT2D eigenvalue weighted by Gasteiger charge is 2.17. The van der Waals surface area contributed by atoms with Crippen molar-refractivity contribution < 1.29 is 9.90 Å². The van der Waals surface area contributed by atoms with Gasteiger partial charge in [0.25, 0.3) is 5.91 Å². The van der Waals surface area contributed by atoms with Crippen LogP contribution in [0.15, 0.2) is 18.3 Å². The van der Waals surface area contributed by atoms with Gasteiger partial charge in [-0.3, -0.25) is 4.79 Å². The summed E-state index contributed by atoms with van der Waals surface area (Å²) in [5, 5.41) is 17.5. The lowest BCUT2D eigenvalue weighted by molar-refractivity contribution is 0.0779. The van der Waals surface area contributed by atoms with E-state index in [1.54, 1.807) is 26.1 Å². The van der Waals surface area contributed by atoms with Crippen molar-refractivity contribution in [3.63, 3.8) is 0 Å². The fourth-order valence-corrected chi connectivity index (χ4v) is 1.61. The van der Waals surface area contributed by atoms with Crippen molar-refractivity contribution in [2.24, 2.45) is 5.92 Å². The number of nitriles is 1. The van der Waals surface area contributed by atoms with E-state index in [0.29, 0.717) is 18.5 Å². The number of carbonyl (C=O) groups excluding carboxylic acids is 1. The third-order valence-corrected chi connectivity index (χ3v) is 2.58. The molecule has 104 valence electrons. The molecule has 0 aliphatic rings. The zero-order valence-corrected chi connectivity index (χ0v) is 11.6. The van der Waals surface area contributed by atoms with Gasteiger partial charge in [0, 0.05) is 26.2 Å². The Bertz CT molecular complexity index is 566. The molecule has 0 bridgehead atoms. The van der Waals surface area contributed by atoms with Crippen molar-refractivity contribution in [3.8, 4) is 17.9 Å². The van der Waals surface area contributed by atoms with Gasteiger partial charge < -0.3 is 10.0 Å². The molecule has 20 heavy (non-hydrogen) atoms. The van der Waals surface area contributed by atoms with E-state index in [-0.39, 0.29) is 24.1 Å². The van der Waals surface area contributed by atoms with Crippen molar-refractivity contribution in [3.05, 3.63) is 29.6 Å². The van der Waals surface area contributed by atoms with E-state index in [4.69, 9.17) is 10.4 Å². The van der Waals surface area contributed by atoms with Gasteiger partial charge in [-0.15, -0.1) is 0 Å². The number of hydrogen-bond acceptors (Lipinski definition) is 4. The predicted molar refractivity (Wildman–Crippen MR) is 74.6 cm³/mol. The summed E-state index contributed by atoms with van der Waals surface area (Å²) >= 11 is 0. The van der Waals surface area contributed by atoms with E-state index in [2.05, 4.69) is 22.9 Å². The molecule has 1 aromatic heterocycles. The molecule has 0 saturated heterocycles. The Labute approximate surface area is 118 Å². The Morgan fingerprint density at radius 1 is 1.60 bits per heavy atom. The molecule has 1 unspecified atom stereocenters. The Morgan fingerprint density at radius 2 is 2.35 bits per heavy atom. The van der Waals surface area contributed by atoms with Crippen LogP contribution in [0.25, 0.3) is 0 Å². The minimum Gasteiger partial charge on any atom is -0.395 e. The maximum atomic E-state index is 12.3. The molecular weight excluding hydrogens is 254 g/mol. The quantitative estimate of drug-likeness (QED) is 0.830. The normalized spacial score (nSPS) is 10.9. The molecule has 0 aromatic carbocycles. The van der Waals surface area contributed by atoms with Crippen molar-refractivity contribution >= 4 is 5.91 Å². The maximum absolute atomic E-state index is 12.3. The van der Waals surface area contributed by atoms with Gasteiger partial charge in [-0.2, -0.15) is 5.26 Å². The van der Waals surface area contributed by atoms with Crippen molar-refractivity contribution in [1.29, 1.82) is 5.26 Å². The summed E-state index contributed by atoms with van der Waals surface area (Å²) in [6.45, 7) is 2.08.